The van der Waals surface area contributed by atoms with Crippen LogP contribution in [0.4, 0.5) is 5.82 Å². The molecule has 30 heavy (non-hydrogen) atoms. The summed E-state index contributed by atoms with van der Waals surface area (Å²) in [4.78, 5) is 34.0. The number of aromatic nitrogens is 1. The van der Waals surface area contributed by atoms with E-state index in [1.807, 2.05) is 50.1 Å². The summed E-state index contributed by atoms with van der Waals surface area (Å²) >= 11 is 0. The molecule has 2 aliphatic rings. The lowest BCUT2D eigenvalue weighted by Crippen LogP contribution is -2.49. The Kier molecular flexibility index (Phi) is 5.50. The molecular weight excluding hydrogens is 376 g/mol. The van der Waals surface area contributed by atoms with Crippen LogP contribution in [0.25, 0.3) is 0 Å². The number of benzene rings is 1. The molecule has 0 radical (unpaired) electrons. The predicted octanol–water partition coefficient (Wildman–Crippen LogP) is 2.96. The van der Waals surface area contributed by atoms with E-state index < -0.39 is 0 Å². The molecule has 1 N–H and O–H groups in total. The molecule has 1 unspecified atom stereocenters. The fourth-order valence-electron chi connectivity index (χ4n) is 4.67. The van der Waals surface area contributed by atoms with Gasteiger partial charge in [0, 0.05) is 44.0 Å². The molecule has 0 saturated carbocycles. The fraction of sp³-hybridized carbons (Fsp3) is 0.458. The van der Waals surface area contributed by atoms with Crippen molar-refractivity contribution in [2.75, 3.05) is 31.1 Å². The molecule has 1 aromatic carbocycles. The topological polar surface area (TPSA) is 65.5 Å². The van der Waals surface area contributed by atoms with Crippen molar-refractivity contribution in [3.8, 4) is 0 Å². The molecule has 6 nitrogen and oxygen atoms in total. The number of hydrogen-bond donors (Lipinski definition) is 1. The zero-order valence-corrected chi connectivity index (χ0v) is 18.2. The van der Waals surface area contributed by atoms with Gasteiger partial charge in [0.1, 0.15) is 5.82 Å². The standard InChI is InChI=1S/C24H30N4O2/c1-15-11-17(3)22(25-14-15)27-7-9-28(10-8-27)24(30)19-5-6-20(16(2)12-19)21-13-18(4)26-23(21)29/h5-6,11-12,14,18,21H,7-10,13H2,1-4H3,(H,26,29)/t18?,21-/m1/s1. The predicted molar refractivity (Wildman–Crippen MR) is 118 cm³/mol. The van der Waals surface area contributed by atoms with Crippen molar-refractivity contribution < 1.29 is 9.59 Å². The van der Waals surface area contributed by atoms with Gasteiger partial charge in [-0.3, -0.25) is 9.59 Å². The third-order valence-electron chi connectivity index (χ3n) is 6.24. The second kappa shape index (κ2) is 8.09. The van der Waals surface area contributed by atoms with Gasteiger partial charge in [0.05, 0.1) is 5.92 Å². The molecule has 0 bridgehead atoms. The number of pyridine rings is 1. The van der Waals surface area contributed by atoms with Gasteiger partial charge < -0.3 is 15.1 Å². The van der Waals surface area contributed by atoms with Crippen LogP contribution in [0, 0.1) is 20.8 Å². The van der Waals surface area contributed by atoms with E-state index in [1.54, 1.807) is 0 Å². The quantitative estimate of drug-likeness (QED) is 0.851. The van der Waals surface area contributed by atoms with Crippen LogP contribution in [0.5, 0.6) is 0 Å². The average Bonchev–Trinajstić information content (AvgIpc) is 3.05. The van der Waals surface area contributed by atoms with E-state index in [1.165, 1.54) is 5.56 Å². The van der Waals surface area contributed by atoms with E-state index in [0.717, 1.165) is 42.0 Å². The highest BCUT2D eigenvalue weighted by Gasteiger charge is 2.32. The van der Waals surface area contributed by atoms with E-state index in [0.29, 0.717) is 18.7 Å². The number of carbonyl (C=O) groups excluding carboxylic acids is 2. The van der Waals surface area contributed by atoms with Crippen molar-refractivity contribution in [1.82, 2.24) is 15.2 Å². The Morgan fingerprint density at radius 2 is 1.80 bits per heavy atom. The van der Waals surface area contributed by atoms with E-state index in [-0.39, 0.29) is 23.8 Å². The van der Waals surface area contributed by atoms with Gasteiger partial charge in [-0.15, -0.1) is 0 Å². The molecular formula is C24H30N4O2. The minimum atomic E-state index is -0.113. The normalized spacial score (nSPS) is 21.7. The van der Waals surface area contributed by atoms with E-state index in [2.05, 4.69) is 28.2 Å². The molecule has 4 rings (SSSR count). The Morgan fingerprint density at radius 1 is 1.07 bits per heavy atom. The molecule has 0 aliphatic carbocycles. The van der Waals surface area contributed by atoms with Crippen LogP contribution in [0.2, 0.25) is 0 Å². The Morgan fingerprint density at radius 3 is 2.40 bits per heavy atom. The Balaban J connectivity index is 1.43. The smallest absolute Gasteiger partial charge is 0.253 e. The second-order valence-electron chi connectivity index (χ2n) is 8.70. The number of anilines is 1. The maximum absolute atomic E-state index is 13.1. The van der Waals surface area contributed by atoms with Gasteiger partial charge in [0.2, 0.25) is 5.91 Å². The third-order valence-corrected chi connectivity index (χ3v) is 6.24. The SMILES string of the molecule is Cc1cnc(N2CCN(C(=O)c3ccc([C@H]4CC(C)NC4=O)c(C)c3)CC2)c(C)c1. The molecule has 2 aromatic rings. The van der Waals surface area contributed by atoms with Gasteiger partial charge in [0.15, 0.2) is 0 Å². The van der Waals surface area contributed by atoms with Crippen LogP contribution in [0.3, 0.4) is 0 Å². The molecule has 2 amide bonds. The number of hydrogen-bond acceptors (Lipinski definition) is 4. The largest absolute Gasteiger partial charge is 0.353 e. The van der Waals surface area contributed by atoms with Crippen molar-refractivity contribution in [3.05, 3.63) is 58.3 Å². The molecule has 2 saturated heterocycles. The molecule has 2 fully saturated rings. The summed E-state index contributed by atoms with van der Waals surface area (Å²) in [5, 5.41) is 2.98. The maximum Gasteiger partial charge on any atom is 0.253 e. The van der Waals surface area contributed by atoms with Crippen molar-refractivity contribution in [3.63, 3.8) is 0 Å². The van der Waals surface area contributed by atoms with Crippen LogP contribution < -0.4 is 10.2 Å². The van der Waals surface area contributed by atoms with Crippen molar-refractivity contribution in [2.24, 2.45) is 0 Å². The van der Waals surface area contributed by atoms with Crippen molar-refractivity contribution in [1.29, 1.82) is 0 Å². The van der Waals surface area contributed by atoms with E-state index in [9.17, 15) is 9.59 Å². The van der Waals surface area contributed by atoms with E-state index in [4.69, 9.17) is 0 Å². The first-order valence-electron chi connectivity index (χ1n) is 10.7. The van der Waals surface area contributed by atoms with E-state index >= 15 is 0 Å². The summed E-state index contributed by atoms with van der Waals surface area (Å²) in [6, 6.07) is 8.12. The summed E-state index contributed by atoms with van der Waals surface area (Å²) in [7, 11) is 0. The summed E-state index contributed by atoms with van der Waals surface area (Å²) in [5.74, 6) is 1.04. The number of piperazine rings is 1. The number of aryl methyl sites for hydroxylation is 3. The number of carbonyl (C=O) groups is 2. The van der Waals surface area contributed by atoms with Crippen LogP contribution in [0.1, 0.15) is 51.9 Å². The monoisotopic (exact) mass is 406 g/mol. The average molecular weight is 407 g/mol. The first-order valence-corrected chi connectivity index (χ1v) is 10.7. The Labute approximate surface area is 178 Å². The highest BCUT2D eigenvalue weighted by atomic mass is 16.2. The maximum atomic E-state index is 13.1. The van der Waals surface area contributed by atoms with Crippen LogP contribution in [0.15, 0.2) is 30.5 Å². The molecule has 2 atom stereocenters. The van der Waals surface area contributed by atoms with Gasteiger partial charge in [-0.25, -0.2) is 4.98 Å². The Bertz CT molecular complexity index is 979. The van der Waals surface area contributed by atoms with Gasteiger partial charge in [0.25, 0.3) is 5.91 Å². The summed E-state index contributed by atoms with van der Waals surface area (Å²) in [5.41, 5.74) is 5.06. The number of nitrogens with one attached hydrogen (secondary N) is 1. The first-order chi connectivity index (χ1) is 14.3. The first kappa shape index (κ1) is 20.4. The molecule has 158 valence electrons. The zero-order chi connectivity index (χ0) is 21.4. The van der Waals surface area contributed by atoms with Crippen LogP contribution >= 0.6 is 0 Å². The molecule has 6 heteroatoms. The lowest BCUT2D eigenvalue weighted by atomic mass is 9.91. The number of amides is 2. The van der Waals surface area contributed by atoms with Crippen molar-refractivity contribution >= 4 is 17.6 Å². The Hall–Kier alpha value is -2.89. The van der Waals surface area contributed by atoms with Crippen LogP contribution in [-0.2, 0) is 4.79 Å². The summed E-state index contributed by atoms with van der Waals surface area (Å²) in [6.07, 6.45) is 2.71. The van der Waals surface area contributed by atoms with Gasteiger partial charge in [-0.2, -0.15) is 0 Å². The lowest BCUT2D eigenvalue weighted by Gasteiger charge is -2.36. The molecule has 2 aliphatic heterocycles. The lowest BCUT2D eigenvalue weighted by molar-refractivity contribution is -0.120. The zero-order valence-electron chi connectivity index (χ0n) is 18.2. The summed E-state index contributed by atoms with van der Waals surface area (Å²) < 4.78 is 0. The highest BCUT2D eigenvalue weighted by molar-refractivity contribution is 5.95. The van der Waals surface area contributed by atoms with Gasteiger partial charge in [-0.05, 0) is 68.5 Å². The summed E-state index contributed by atoms with van der Waals surface area (Å²) in [6.45, 7) is 11.1. The molecule has 3 heterocycles. The fourth-order valence-corrected chi connectivity index (χ4v) is 4.67. The number of rotatable bonds is 3. The van der Waals surface area contributed by atoms with Gasteiger partial charge >= 0.3 is 0 Å². The van der Waals surface area contributed by atoms with Crippen molar-refractivity contribution in [2.45, 2.75) is 46.1 Å². The molecule has 1 aromatic heterocycles. The minimum absolute atomic E-state index is 0.0575. The van der Waals surface area contributed by atoms with Crippen LogP contribution in [-0.4, -0.2) is 53.9 Å². The highest BCUT2D eigenvalue weighted by Crippen LogP contribution is 2.30. The number of nitrogens with zero attached hydrogens (tertiary/aromatic N) is 3. The molecule has 0 spiro atoms. The van der Waals surface area contributed by atoms with Gasteiger partial charge in [-0.1, -0.05) is 12.1 Å². The second-order valence-corrected chi connectivity index (χ2v) is 8.70. The minimum Gasteiger partial charge on any atom is -0.353 e. The third kappa shape index (κ3) is 3.91.